The number of amides is 1. The zero-order chi connectivity index (χ0) is 19.0. The minimum absolute atomic E-state index is 0.112. The van der Waals surface area contributed by atoms with Gasteiger partial charge in [0.05, 0.1) is 16.5 Å². The molecule has 2 aliphatic heterocycles. The van der Waals surface area contributed by atoms with Crippen LogP contribution >= 0.6 is 0 Å². The van der Waals surface area contributed by atoms with E-state index in [0.29, 0.717) is 37.0 Å². The SMILES string of the molecule is O=C(CCCn1c(=O)oc2cc([N+](=O)[O-])ccc21)N1CCC2CCC(C1)N2. The number of oxazole rings is 1. The van der Waals surface area contributed by atoms with Crippen LogP contribution in [0.25, 0.3) is 11.1 Å². The fraction of sp³-hybridized carbons (Fsp3) is 0.556. The van der Waals surface area contributed by atoms with Crippen LogP contribution in [0.2, 0.25) is 0 Å². The molecule has 2 bridgehead atoms. The Bertz CT molecular complexity index is 933. The van der Waals surface area contributed by atoms with Gasteiger partial charge in [-0.2, -0.15) is 0 Å². The van der Waals surface area contributed by atoms with E-state index in [0.717, 1.165) is 25.9 Å². The van der Waals surface area contributed by atoms with Crippen LogP contribution in [0.1, 0.15) is 32.1 Å². The predicted octanol–water partition coefficient (Wildman–Crippen LogP) is 1.64. The molecule has 2 fully saturated rings. The lowest BCUT2D eigenvalue weighted by molar-refractivity contribution is -0.384. The van der Waals surface area contributed by atoms with E-state index in [1.54, 1.807) is 0 Å². The van der Waals surface area contributed by atoms with Gasteiger partial charge in [-0.1, -0.05) is 0 Å². The second-order valence-corrected chi connectivity index (χ2v) is 7.30. The van der Waals surface area contributed by atoms with Gasteiger partial charge in [-0.15, -0.1) is 0 Å². The van der Waals surface area contributed by atoms with Gasteiger partial charge < -0.3 is 14.6 Å². The molecule has 27 heavy (non-hydrogen) atoms. The van der Waals surface area contributed by atoms with E-state index in [4.69, 9.17) is 4.42 Å². The molecule has 1 N–H and O–H groups in total. The van der Waals surface area contributed by atoms with Crippen molar-refractivity contribution < 1.29 is 14.1 Å². The van der Waals surface area contributed by atoms with Crippen LogP contribution in [0.3, 0.4) is 0 Å². The Morgan fingerprint density at radius 2 is 2.11 bits per heavy atom. The highest BCUT2D eigenvalue weighted by Gasteiger charge is 2.30. The summed E-state index contributed by atoms with van der Waals surface area (Å²) in [5, 5.41) is 14.4. The fourth-order valence-electron chi connectivity index (χ4n) is 4.10. The molecule has 2 unspecified atom stereocenters. The molecule has 1 aromatic carbocycles. The molecule has 4 rings (SSSR count). The number of hydrogen-bond donors (Lipinski definition) is 1. The fourth-order valence-corrected chi connectivity index (χ4v) is 4.10. The molecule has 0 saturated carbocycles. The summed E-state index contributed by atoms with van der Waals surface area (Å²) in [6.45, 7) is 1.88. The number of benzene rings is 1. The highest BCUT2D eigenvalue weighted by molar-refractivity contribution is 5.77. The first-order chi connectivity index (χ1) is 13.0. The Morgan fingerprint density at radius 1 is 1.30 bits per heavy atom. The van der Waals surface area contributed by atoms with E-state index in [2.05, 4.69) is 5.32 Å². The standard InChI is InChI=1S/C18H22N4O5/c23-17(20-9-7-12-3-4-13(11-20)19-12)2-1-8-21-15-6-5-14(22(25)26)10-16(15)27-18(21)24/h5-6,10,12-13,19H,1-4,7-9,11H2. The van der Waals surface area contributed by atoms with Crippen molar-refractivity contribution in [2.45, 2.75) is 50.7 Å². The summed E-state index contributed by atoms with van der Waals surface area (Å²) >= 11 is 0. The zero-order valence-electron chi connectivity index (χ0n) is 14.9. The van der Waals surface area contributed by atoms with Crippen LogP contribution in [0, 0.1) is 10.1 Å². The lowest BCUT2D eigenvalue weighted by atomic mass is 10.1. The number of aromatic nitrogens is 1. The van der Waals surface area contributed by atoms with Crippen molar-refractivity contribution in [2.75, 3.05) is 13.1 Å². The van der Waals surface area contributed by atoms with E-state index in [1.165, 1.54) is 29.2 Å². The molecule has 144 valence electrons. The first-order valence-electron chi connectivity index (χ1n) is 9.33. The van der Waals surface area contributed by atoms with Crippen molar-refractivity contribution >= 4 is 22.7 Å². The Balaban J connectivity index is 1.38. The number of nitrogens with zero attached hydrogens (tertiary/aromatic N) is 3. The van der Waals surface area contributed by atoms with Gasteiger partial charge in [0.1, 0.15) is 0 Å². The number of non-ortho nitro benzene ring substituents is 1. The maximum Gasteiger partial charge on any atom is 0.419 e. The molecule has 1 aromatic heterocycles. The van der Waals surface area contributed by atoms with Crippen molar-refractivity contribution in [3.8, 4) is 0 Å². The molecule has 2 saturated heterocycles. The Labute approximate surface area is 155 Å². The highest BCUT2D eigenvalue weighted by atomic mass is 16.6. The Hall–Kier alpha value is -2.68. The van der Waals surface area contributed by atoms with Crippen LogP contribution in [0.15, 0.2) is 27.4 Å². The molecule has 9 nitrogen and oxygen atoms in total. The summed E-state index contributed by atoms with van der Waals surface area (Å²) in [6, 6.07) is 5.04. The number of rotatable bonds is 5. The van der Waals surface area contributed by atoms with Gasteiger partial charge in [0, 0.05) is 44.2 Å². The van der Waals surface area contributed by atoms with Crippen molar-refractivity contribution in [1.29, 1.82) is 0 Å². The van der Waals surface area contributed by atoms with Gasteiger partial charge in [0.2, 0.25) is 5.91 Å². The number of fused-ring (bicyclic) bond motifs is 3. The summed E-state index contributed by atoms with van der Waals surface area (Å²) in [5.74, 6) is -0.449. The highest BCUT2D eigenvalue weighted by Crippen LogP contribution is 2.22. The molecule has 2 aromatic rings. The minimum Gasteiger partial charge on any atom is -0.407 e. The molecule has 0 spiro atoms. The van der Waals surface area contributed by atoms with Crippen LogP contribution in [-0.4, -0.2) is 45.5 Å². The van der Waals surface area contributed by atoms with Gasteiger partial charge in [-0.25, -0.2) is 4.79 Å². The average Bonchev–Trinajstić information content (AvgIpc) is 3.12. The number of hydrogen-bond acceptors (Lipinski definition) is 6. The minimum atomic E-state index is -0.561. The normalized spacial score (nSPS) is 22.1. The van der Waals surface area contributed by atoms with Crippen LogP contribution in [0.5, 0.6) is 0 Å². The van der Waals surface area contributed by atoms with Gasteiger partial charge >= 0.3 is 5.76 Å². The number of carbonyl (C=O) groups excluding carboxylic acids is 1. The second kappa shape index (κ2) is 7.15. The Morgan fingerprint density at radius 3 is 2.93 bits per heavy atom. The lowest BCUT2D eigenvalue weighted by Crippen LogP contribution is -2.39. The van der Waals surface area contributed by atoms with E-state index in [1.807, 2.05) is 4.90 Å². The van der Waals surface area contributed by atoms with Crippen LogP contribution in [0.4, 0.5) is 5.69 Å². The number of carbonyl (C=O) groups is 1. The van der Waals surface area contributed by atoms with Gasteiger partial charge in [0.15, 0.2) is 5.58 Å². The maximum atomic E-state index is 12.5. The number of nitro benzene ring substituents is 1. The van der Waals surface area contributed by atoms with Crippen LogP contribution < -0.4 is 11.1 Å². The largest absolute Gasteiger partial charge is 0.419 e. The van der Waals surface area contributed by atoms with Crippen molar-refractivity contribution in [2.24, 2.45) is 0 Å². The lowest BCUT2D eigenvalue weighted by Gasteiger charge is -2.24. The van der Waals surface area contributed by atoms with E-state index in [-0.39, 0.29) is 17.2 Å². The molecular formula is C18H22N4O5. The molecule has 0 radical (unpaired) electrons. The number of nitro groups is 1. The topological polar surface area (TPSA) is 111 Å². The van der Waals surface area contributed by atoms with E-state index >= 15 is 0 Å². The quantitative estimate of drug-likeness (QED) is 0.629. The number of likely N-dealkylation sites (tertiary alicyclic amines) is 1. The van der Waals surface area contributed by atoms with Crippen molar-refractivity contribution in [1.82, 2.24) is 14.8 Å². The smallest absolute Gasteiger partial charge is 0.407 e. The summed E-state index contributed by atoms with van der Waals surface area (Å²) in [4.78, 5) is 36.8. The third kappa shape index (κ3) is 3.59. The Kier molecular flexibility index (Phi) is 4.69. The van der Waals surface area contributed by atoms with Gasteiger partial charge in [0.25, 0.3) is 5.69 Å². The van der Waals surface area contributed by atoms with E-state index in [9.17, 15) is 19.7 Å². The molecule has 0 aliphatic carbocycles. The molecule has 2 atom stereocenters. The summed E-state index contributed by atoms with van der Waals surface area (Å²) in [5.41, 5.74) is 0.576. The molecule has 3 heterocycles. The summed E-state index contributed by atoms with van der Waals surface area (Å²) < 4.78 is 6.54. The molecular weight excluding hydrogens is 352 g/mol. The average molecular weight is 374 g/mol. The zero-order valence-corrected chi connectivity index (χ0v) is 14.9. The van der Waals surface area contributed by atoms with Gasteiger partial charge in [-0.05, 0) is 31.7 Å². The molecule has 2 aliphatic rings. The van der Waals surface area contributed by atoms with Crippen molar-refractivity contribution in [3.05, 3.63) is 38.9 Å². The number of aryl methyl sites for hydroxylation is 1. The van der Waals surface area contributed by atoms with Gasteiger partial charge in [-0.3, -0.25) is 19.5 Å². The van der Waals surface area contributed by atoms with Crippen molar-refractivity contribution in [3.63, 3.8) is 0 Å². The van der Waals surface area contributed by atoms with E-state index < -0.39 is 10.7 Å². The van der Waals surface area contributed by atoms with Crippen LogP contribution in [-0.2, 0) is 11.3 Å². The third-order valence-corrected chi connectivity index (χ3v) is 5.51. The summed E-state index contributed by atoms with van der Waals surface area (Å²) in [7, 11) is 0. The predicted molar refractivity (Wildman–Crippen MR) is 97.5 cm³/mol. The third-order valence-electron chi connectivity index (χ3n) is 5.51. The number of nitrogens with one attached hydrogen (secondary N) is 1. The summed E-state index contributed by atoms with van der Waals surface area (Å²) in [6.07, 6.45) is 4.19. The second-order valence-electron chi connectivity index (χ2n) is 7.30. The maximum absolute atomic E-state index is 12.5. The molecule has 1 amide bonds. The monoisotopic (exact) mass is 374 g/mol. The molecule has 9 heteroatoms. The first-order valence-corrected chi connectivity index (χ1v) is 9.33. The first kappa shape index (κ1) is 17.7.